The molecule has 26 heavy (non-hydrogen) atoms. The molecule has 0 spiro atoms. The predicted octanol–water partition coefficient (Wildman–Crippen LogP) is 3.59. The zero-order valence-electron chi connectivity index (χ0n) is 14.0. The van der Waals surface area contributed by atoms with Gasteiger partial charge in [0.1, 0.15) is 11.6 Å². The topological polar surface area (TPSA) is 75.3 Å². The first-order valence-electron chi connectivity index (χ1n) is 7.46. The number of hydrogen-bond donors (Lipinski definition) is 0. The van der Waals surface area contributed by atoms with Crippen LogP contribution >= 0.6 is 31.9 Å². The fraction of sp³-hybridized carbons (Fsp3) is 0.400. The third-order valence-corrected chi connectivity index (χ3v) is 4.58. The van der Waals surface area contributed by atoms with Gasteiger partial charge < -0.3 is 9.47 Å². The zero-order chi connectivity index (χ0) is 19.6. The summed E-state index contributed by atoms with van der Waals surface area (Å²) in [6, 6.07) is 2.97. The molecule has 0 fully saturated rings. The van der Waals surface area contributed by atoms with Gasteiger partial charge in [0.15, 0.2) is 6.10 Å². The number of esters is 1. The fourth-order valence-electron chi connectivity index (χ4n) is 2.13. The second-order valence-corrected chi connectivity index (χ2v) is 6.84. The quantitative estimate of drug-likeness (QED) is 0.569. The number of halogens is 4. The second-order valence-electron chi connectivity index (χ2n) is 5.14. The standard InChI is InChI=1S/C15H15Br2F2N3O4/c1-4-25-13(23)7(2)26-12-6-11(9(16)5-10(12)17)22-15(24)21(14(18)19)8(3)20-22/h5-7,14H,4H2,1-3H3. The summed E-state index contributed by atoms with van der Waals surface area (Å²) in [5, 5.41) is 3.87. The molecule has 0 N–H and O–H groups in total. The van der Waals surface area contributed by atoms with Crippen molar-refractivity contribution in [1.29, 1.82) is 0 Å². The lowest BCUT2D eigenvalue weighted by atomic mass is 10.3. The molecular weight excluding hydrogens is 484 g/mol. The van der Waals surface area contributed by atoms with Gasteiger partial charge in [0, 0.05) is 10.5 Å². The first kappa shape index (κ1) is 20.6. The molecule has 2 aromatic rings. The fourth-order valence-corrected chi connectivity index (χ4v) is 3.38. The average molecular weight is 499 g/mol. The van der Waals surface area contributed by atoms with E-state index >= 15 is 0 Å². The molecule has 1 aromatic carbocycles. The van der Waals surface area contributed by atoms with Gasteiger partial charge in [-0.3, -0.25) is 0 Å². The van der Waals surface area contributed by atoms with Gasteiger partial charge in [-0.05, 0) is 58.7 Å². The monoisotopic (exact) mass is 497 g/mol. The van der Waals surface area contributed by atoms with Crippen molar-refractivity contribution in [3.63, 3.8) is 0 Å². The summed E-state index contributed by atoms with van der Waals surface area (Å²) in [6.07, 6.45) is -0.905. The summed E-state index contributed by atoms with van der Waals surface area (Å²) >= 11 is 6.56. The number of rotatable bonds is 6. The van der Waals surface area contributed by atoms with Crippen molar-refractivity contribution in [2.45, 2.75) is 33.4 Å². The van der Waals surface area contributed by atoms with Gasteiger partial charge in [0.05, 0.1) is 16.8 Å². The van der Waals surface area contributed by atoms with Crippen LogP contribution in [-0.2, 0) is 9.53 Å². The summed E-state index contributed by atoms with van der Waals surface area (Å²) in [7, 11) is 0. The van der Waals surface area contributed by atoms with Crippen molar-refractivity contribution in [2.75, 3.05) is 6.61 Å². The predicted molar refractivity (Wildman–Crippen MR) is 95.9 cm³/mol. The number of aromatic nitrogens is 3. The maximum absolute atomic E-state index is 13.0. The highest BCUT2D eigenvalue weighted by Gasteiger charge is 2.22. The lowest BCUT2D eigenvalue weighted by Gasteiger charge is -2.16. The normalized spacial score (nSPS) is 12.3. The second kappa shape index (κ2) is 8.30. The molecule has 11 heteroatoms. The zero-order valence-corrected chi connectivity index (χ0v) is 17.2. The van der Waals surface area contributed by atoms with Gasteiger partial charge in [-0.1, -0.05) is 0 Å². The lowest BCUT2D eigenvalue weighted by Crippen LogP contribution is -2.27. The average Bonchev–Trinajstić information content (AvgIpc) is 2.84. The van der Waals surface area contributed by atoms with Gasteiger partial charge >= 0.3 is 18.2 Å². The van der Waals surface area contributed by atoms with E-state index in [1.165, 1.54) is 19.9 Å². The van der Waals surface area contributed by atoms with Gasteiger partial charge in [-0.25, -0.2) is 14.2 Å². The van der Waals surface area contributed by atoms with E-state index in [9.17, 15) is 18.4 Å². The molecule has 0 aliphatic heterocycles. The molecule has 0 aliphatic rings. The lowest BCUT2D eigenvalue weighted by molar-refractivity contribution is -0.150. The van der Waals surface area contributed by atoms with Crippen molar-refractivity contribution >= 4 is 37.8 Å². The molecule has 1 heterocycles. The molecule has 1 aromatic heterocycles. The molecule has 0 aliphatic carbocycles. The highest BCUT2D eigenvalue weighted by atomic mass is 79.9. The molecule has 0 bridgehead atoms. The molecular formula is C15H15Br2F2N3O4. The van der Waals surface area contributed by atoms with Crippen LogP contribution in [0.15, 0.2) is 25.9 Å². The van der Waals surface area contributed by atoms with Crippen LogP contribution in [0.1, 0.15) is 26.2 Å². The number of ether oxygens (including phenoxy) is 2. The summed E-state index contributed by atoms with van der Waals surface area (Å²) in [6.45, 7) is 1.68. The minimum absolute atomic E-state index is 0.137. The number of alkyl halides is 2. The van der Waals surface area contributed by atoms with Crippen molar-refractivity contribution < 1.29 is 23.0 Å². The highest BCUT2D eigenvalue weighted by molar-refractivity contribution is 9.11. The van der Waals surface area contributed by atoms with Gasteiger partial charge in [-0.15, -0.1) is 5.10 Å². The number of carbonyl (C=O) groups is 1. The first-order chi connectivity index (χ1) is 12.2. The number of nitrogens with zero attached hydrogens (tertiary/aromatic N) is 3. The Hall–Kier alpha value is -1.75. The van der Waals surface area contributed by atoms with Crippen LogP contribution in [0, 0.1) is 6.92 Å². The first-order valence-corrected chi connectivity index (χ1v) is 9.05. The Kier molecular flexibility index (Phi) is 6.56. The van der Waals surface area contributed by atoms with Crippen molar-refractivity contribution in [3.05, 3.63) is 37.4 Å². The Morgan fingerprint density at radius 1 is 1.31 bits per heavy atom. The smallest absolute Gasteiger partial charge is 0.355 e. The molecule has 142 valence electrons. The van der Waals surface area contributed by atoms with Gasteiger partial charge in [0.25, 0.3) is 0 Å². The Labute approximate surface area is 164 Å². The molecule has 0 amide bonds. The summed E-state index contributed by atoms with van der Waals surface area (Å²) in [5.41, 5.74) is -0.809. The van der Waals surface area contributed by atoms with Crippen LogP contribution in [0.5, 0.6) is 5.75 Å². The van der Waals surface area contributed by atoms with E-state index in [1.807, 2.05) is 0 Å². The van der Waals surface area contributed by atoms with E-state index in [2.05, 4.69) is 37.0 Å². The van der Waals surface area contributed by atoms with Crippen molar-refractivity contribution in [3.8, 4) is 11.4 Å². The molecule has 0 radical (unpaired) electrons. The number of carbonyl (C=O) groups excluding carboxylic acids is 1. The van der Waals surface area contributed by atoms with E-state index in [4.69, 9.17) is 9.47 Å². The number of hydrogen-bond acceptors (Lipinski definition) is 5. The van der Waals surface area contributed by atoms with Gasteiger partial charge in [-0.2, -0.15) is 13.5 Å². The Balaban J connectivity index is 2.48. The molecule has 0 saturated heterocycles. The van der Waals surface area contributed by atoms with Crippen LogP contribution in [0.3, 0.4) is 0 Å². The van der Waals surface area contributed by atoms with E-state index in [-0.39, 0.29) is 28.4 Å². The third-order valence-electron chi connectivity index (χ3n) is 3.33. The Bertz CT molecular complexity index is 883. The third kappa shape index (κ3) is 4.14. The van der Waals surface area contributed by atoms with E-state index in [0.717, 1.165) is 4.68 Å². The van der Waals surface area contributed by atoms with Crippen molar-refractivity contribution in [1.82, 2.24) is 14.3 Å². The van der Waals surface area contributed by atoms with E-state index in [1.54, 1.807) is 13.0 Å². The van der Waals surface area contributed by atoms with Crippen LogP contribution in [0.4, 0.5) is 8.78 Å². The van der Waals surface area contributed by atoms with Gasteiger partial charge in [0.2, 0.25) is 0 Å². The maximum Gasteiger partial charge on any atom is 0.355 e. The van der Waals surface area contributed by atoms with Crippen LogP contribution in [0.2, 0.25) is 0 Å². The van der Waals surface area contributed by atoms with E-state index < -0.39 is 24.3 Å². The minimum Gasteiger partial charge on any atom is -0.478 e. The molecule has 1 atom stereocenters. The van der Waals surface area contributed by atoms with Crippen LogP contribution in [0.25, 0.3) is 5.69 Å². The molecule has 1 unspecified atom stereocenters. The van der Waals surface area contributed by atoms with Crippen molar-refractivity contribution in [2.24, 2.45) is 0 Å². The Morgan fingerprint density at radius 2 is 1.96 bits per heavy atom. The van der Waals surface area contributed by atoms with Crippen LogP contribution < -0.4 is 10.4 Å². The maximum atomic E-state index is 13.0. The summed E-state index contributed by atoms with van der Waals surface area (Å²) in [4.78, 5) is 24.0. The molecule has 7 nitrogen and oxygen atoms in total. The number of aryl methyl sites for hydroxylation is 1. The summed E-state index contributed by atoms with van der Waals surface area (Å²) in [5.74, 6) is -0.471. The molecule has 0 saturated carbocycles. The van der Waals surface area contributed by atoms with Crippen LogP contribution in [-0.4, -0.2) is 33.0 Å². The minimum atomic E-state index is -3.01. The van der Waals surface area contributed by atoms with E-state index in [0.29, 0.717) is 8.95 Å². The largest absolute Gasteiger partial charge is 0.478 e. The summed E-state index contributed by atoms with van der Waals surface area (Å²) < 4.78 is 38.5. The SMILES string of the molecule is CCOC(=O)C(C)Oc1cc(-n2nc(C)n(C(F)F)c2=O)c(Br)cc1Br. The number of benzene rings is 1. The molecule has 2 rings (SSSR count). The highest BCUT2D eigenvalue weighted by Crippen LogP contribution is 2.34. The Morgan fingerprint density at radius 3 is 2.50 bits per heavy atom.